The van der Waals surface area contributed by atoms with Crippen LogP contribution >= 0.6 is 11.3 Å². The lowest BCUT2D eigenvalue weighted by Crippen LogP contribution is -2.11. The van der Waals surface area contributed by atoms with Crippen LogP contribution in [0.5, 0.6) is 0 Å². The summed E-state index contributed by atoms with van der Waals surface area (Å²) >= 11 is 1.76. The minimum atomic E-state index is 0.107. The van der Waals surface area contributed by atoms with Gasteiger partial charge in [-0.15, -0.1) is 11.3 Å². The molecule has 1 rings (SSSR count). The highest BCUT2D eigenvalue weighted by atomic mass is 32.1. The van der Waals surface area contributed by atoms with Gasteiger partial charge in [-0.1, -0.05) is 13.8 Å². The van der Waals surface area contributed by atoms with Crippen LogP contribution in [0, 0.1) is 0 Å². The summed E-state index contributed by atoms with van der Waals surface area (Å²) < 4.78 is 5.28. The molecule has 0 aliphatic heterocycles. The maximum atomic E-state index is 5.28. The molecule has 1 N–H and O–H groups in total. The Morgan fingerprint density at radius 1 is 1.47 bits per heavy atom. The van der Waals surface area contributed by atoms with E-state index in [0.717, 1.165) is 24.5 Å². The van der Waals surface area contributed by atoms with Crippen molar-refractivity contribution in [1.82, 2.24) is 10.3 Å². The van der Waals surface area contributed by atoms with Crippen LogP contribution in [-0.4, -0.2) is 18.6 Å². The van der Waals surface area contributed by atoms with Crippen LogP contribution in [0.3, 0.4) is 0 Å². The molecule has 0 spiro atoms. The molecule has 86 valence electrons. The quantitative estimate of drug-likeness (QED) is 0.812. The predicted octanol–water partition coefficient (Wildman–Crippen LogP) is 2.52. The standard InChI is InChI=1S/C11H20N2OS/c1-5-9-10(7-12-6-2)15-11(13-9)8(3)14-4/h8,12H,5-7H2,1-4H3. The Labute approximate surface area is 95.9 Å². The summed E-state index contributed by atoms with van der Waals surface area (Å²) in [5.74, 6) is 0. The maximum Gasteiger partial charge on any atom is 0.122 e. The van der Waals surface area contributed by atoms with E-state index in [1.165, 1.54) is 10.6 Å². The highest BCUT2D eigenvalue weighted by Crippen LogP contribution is 2.25. The zero-order chi connectivity index (χ0) is 11.3. The molecular formula is C11H20N2OS. The van der Waals surface area contributed by atoms with E-state index in [1.807, 2.05) is 6.92 Å². The van der Waals surface area contributed by atoms with Crippen LogP contribution in [0.4, 0.5) is 0 Å². The van der Waals surface area contributed by atoms with Crippen molar-refractivity contribution >= 4 is 11.3 Å². The Balaban J connectivity index is 2.80. The Bertz CT molecular complexity index is 299. The first-order valence-corrected chi connectivity index (χ1v) is 6.26. The van der Waals surface area contributed by atoms with Gasteiger partial charge in [0.05, 0.1) is 5.69 Å². The molecule has 0 aliphatic carbocycles. The van der Waals surface area contributed by atoms with Crippen LogP contribution in [-0.2, 0) is 17.7 Å². The Morgan fingerprint density at radius 3 is 2.73 bits per heavy atom. The average Bonchev–Trinajstić information content (AvgIpc) is 2.68. The number of ether oxygens (including phenoxy) is 1. The van der Waals surface area contributed by atoms with E-state index >= 15 is 0 Å². The van der Waals surface area contributed by atoms with Crippen molar-refractivity contribution in [3.8, 4) is 0 Å². The van der Waals surface area contributed by atoms with Crippen molar-refractivity contribution in [2.75, 3.05) is 13.7 Å². The Morgan fingerprint density at radius 2 is 2.20 bits per heavy atom. The summed E-state index contributed by atoms with van der Waals surface area (Å²) in [4.78, 5) is 5.95. The van der Waals surface area contributed by atoms with Gasteiger partial charge in [-0.2, -0.15) is 0 Å². The van der Waals surface area contributed by atoms with Crippen molar-refractivity contribution < 1.29 is 4.74 Å². The van der Waals surface area contributed by atoms with Crippen molar-refractivity contribution in [2.45, 2.75) is 39.8 Å². The van der Waals surface area contributed by atoms with Crippen molar-refractivity contribution in [2.24, 2.45) is 0 Å². The molecule has 0 saturated carbocycles. The number of thiazole rings is 1. The molecule has 0 bridgehead atoms. The van der Waals surface area contributed by atoms with Gasteiger partial charge in [0.2, 0.25) is 0 Å². The van der Waals surface area contributed by atoms with Crippen LogP contribution in [0.25, 0.3) is 0 Å². The van der Waals surface area contributed by atoms with Crippen molar-refractivity contribution in [3.63, 3.8) is 0 Å². The number of nitrogens with one attached hydrogen (secondary N) is 1. The van der Waals surface area contributed by atoms with Crippen LogP contribution in [0.15, 0.2) is 0 Å². The van der Waals surface area contributed by atoms with Gasteiger partial charge in [-0.3, -0.25) is 0 Å². The molecule has 15 heavy (non-hydrogen) atoms. The smallest absolute Gasteiger partial charge is 0.122 e. The summed E-state index contributed by atoms with van der Waals surface area (Å²) in [5, 5.41) is 4.42. The summed E-state index contributed by atoms with van der Waals surface area (Å²) in [7, 11) is 1.72. The number of aryl methyl sites for hydroxylation is 1. The lowest BCUT2D eigenvalue weighted by molar-refractivity contribution is 0.119. The molecule has 0 amide bonds. The normalized spacial score (nSPS) is 13.1. The van der Waals surface area contributed by atoms with E-state index in [1.54, 1.807) is 18.4 Å². The highest BCUT2D eigenvalue weighted by molar-refractivity contribution is 7.11. The first kappa shape index (κ1) is 12.6. The number of hydrogen-bond donors (Lipinski definition) is 1. The van der Waals surface area contributed by atoms with Crippen LogP contribution < -0.4 is 5.32 Å². The van der Waals surface area contributed by atoms with E-state index in [4.69, 9.17) is 4.74 Å². The largest absolute Gasteiger partial charge is 0.375 e. The third-order valence-electron chi connectivity index (χ3n) is 2.37. The number of hydrogen-bond acceptors (Lipinski definition) is 4. The van der Waals surface area contributed by atoms with Gasteiger partial charge in [0.1, 0.15) is 11.1 Å². The van der Waals surface area contributed by atoms with E-state index in [2.05, 4.69) is 24.1 Å². The van der Waals surface area contributed by atoms with E-state index in [-0.39, 0.29) is 6.10 Å². The van der Waals surface area contributed by atoms with Gasteiger partial charge in [0.25, 0.3) is 0 Å². The lowest BCUT2D eigenvalue weighted by atomic mass is 10.3. The average molecular weight is 228 g/mol. The molecule has 4 heteroatoms. The second kappa shape index (κ2) is 6.20. The molecule has 0 radical (unpaired) electrons. The first-order chi connectivity index (χ1) is 7.22. The third-order valence-corrected chi connectivity index (χ3v) is 3.63. The van der Waals surface area contributed by atoms with Crippen LogP contribution in [0.2, 0.25) is 0 Å². The minimum absolute atomic E-state index is 0.107. The predicted molar refractivity (Wildman–Crippen MR) is 64.3 cm³/mol. The molecule has 0 saturated heterocycles. The van der Waals surface area contributed by atoms with Gasteiger partial charge in [0.15, 0.2) is 0 Å². The monoisotopic (exact) mass is 228 g/mol. The van der Waals surface area contributed by atoms with Crippen molar-refractivity contribution in [1.29, 1.82) is 0 Å². The summed E-state index contributed by atoms with van der Waals surface area (Å²) in [5.41, 5.74) is 1.21. The van der Waals surface area contributed by atoms with Gasteiger partial charge in [-0.25, -0.2) is 4.98 Å². The number of rotatable bonds is 6. The van der Waals surface area contributed by atoms with E-state index < -0.39 is 0 Å². The topological polar surface area (TPSA) is 34.1 Å². The Kier molecular flexibility index (Phi) is 5.22. The number of aromatic nitrogens is 1. The van der Waals surface area contributed by atoms with E-state index in [9.17, 15) is 0 Å². The third kappa shape index (κ3) is 3.26. The maximum absolute atomic E-state index is 5.28. The Hall–Kier alpha value is -0.450. The molecule has 0 aliphatic rings. The minimum Gasteiger partial charge on any atom is -0.375 e. The SMILES string of the molecule is CCNCc1sc(C(C)OC)nc1CC. The lowest BCUT2D eigenvalue weighted by Gasteiger charge is -2.03. The highest BCUT2D eigenvalue weighted by Gasteiger charge is 2.13. The fraction of sp³-hybridized carbons (Fsp3) is 0.727. The van der Waals surface area contributed by atoms with Crippen LogP contribution in [0.1, 0.15) is 42.5 Å². The first-order valence-electron chi connectivity index (χ1n) is 5.44. The summed E-state index contributed by atoms with van der Waals surface area (Å²) in [6.45, 7) is 8.22. The second-order valence-electron chi connectivity index (χ2n) is 3.43. The second-order valence-corrected chi connectivity index (χ2v) is 4.55. The summed E-state index contributed by atoms with van der Waals surface area (Å²) in [6, 6.07) is 0. The molecule has 1 aromatic heterocycles. The van der Waals surface area contributed by atoms with Crippen molar-refractivity contribution in [3.05, 3.63) is 15.6 Å². The number of nitrogens with zero attached hydrogens (tertiary/aromatic N) is 1. The fourth-order valence-electron chi connectivity index (χ4n) is 1.33. The molecule has 1 heterocycles. The van der Waals surface area contributed by atoms with Gasteiger partial charge >= 0.3 is 0 Å². The molecular weight excluding hydrogens is 208 g/mol. The summed E-state index contributed by atoms with van der Waals surface area (Å²) in [6.07, 6.45) is 1.10. The van der Waals surface area contributed by atoms with Gasteiger partial charge in [-0.05, 0) is 19.9 Å². The van der Waals surface area contributed by atoms with Gasteiger partial charge < -0.3 is 10.1 Å². The fourth-order valence-corrected chi connectivity index (χ4v) is 2.48. The molecule has 0 aromatic carbocycles. The van der Waals surface area contributed by atoms with E-state index in [0.29, 0.717) is 0 Å². The molecule has 1 atom stereocenters. The zero-order valence-corrected chi connectivity index (χ0v) is 10.8. The van der Waals surface area contributed by atoms with Gasteiger partial charge in [0, 0.05) is 18.5 Å². The zero-order valence-electron chi connectivity index (χ0n) is 9.96. The molecule has 1 unspecified atom stereocenters. The molecule has 1 aromatic rings. The number of methoxy groups -OCH3 is 1. The molecule has 0 fully saturated rings. The molecule has 3 nitrogen and oxygen atoms in total.